The van der Waals surface area contributed by atoms with E-state index in [-0.39, 0.29) is 5.82 Å². The van der Waals surface area contributed by atoms with Crippen LogP contribution in [-0.2, 0) is 19.1 Å². The largest absolute Gasteiger partial charge is 0.434 e. The third-order valence-corrected chi connectivity index (χ3v) is 4.28. The maximum absolute atomic E-state index is 12.9. The quantitative estimate of drug-likeness (QED) is 0.494. The molecule has 0 bridgehead atoms. The average molecular weight is 374 g/mol. The number of hydrogen-bond donors (Lipinski definition) is 1. The van der Waals surface area contributed by atoms with Gasteiger partial charge in [0.15, 0.2) is 11.7 Å². The molecule has 0 aliphatic rings. The topological polar surface area (TPSA) is 40.5 Å². The van der Waals surface area contributed by atoms with Crippen LogP contribution in [0.2, 0.25) is 0 Å². The molecule has 0 amide bonds. The monoisotopic (exact) mass is 374 g/mol. The minimum absolute atomic E-state index is 0.296. The van der Waals surface area contributed by atoms with Gasteiger partial charge >= 0.3 is 6.18 Å². The van der Waals surface area contributed by atoms with Gasteiger partial charge in [-0.1, -0.05) is 12.1 Å². The number of nitrogens with one attached hydrogen (secondary N) is 1. The van der Waals surface area contributed by atoms with Crippen molar-refractivity contribution < 1.29 is 17.6 Å². The zero-order chi connectivity index (χ0) is 18.4. The first-order chi connectivity index (χ1) is 11.8. The fourth-order valence-corrected chi connectivity index (χ4v) is 2.97. The standard InChI is InChI=1S/C16H18F4N4S/c1-21-15(24(2)9-11-3-5-12(17)6-4-11)22-8-7-14-23-13(10-25-14)16(18,19)20/h3-6,10H,7-9H2,1-2H3,(H,21,22). The van der Waals surface area contributed by atoms with Gasteiger partial charge < -0.3 is 10.2 Å². The average Bonchev–Trinajstić information content (AvgIpc) is 3.03. The maximum Gasteiger partial charge on any atom is 0.434 e. The number of halogens is 4. The van der Waals surface area contributed by atoms with Crippen molar-refractivity contribution in [1.29, 1.82) is 0 Å². The van der Waals surface area contributed by atoms with E-state index in [2.05, 4.69) is 15.3 Å². The summed E-state index contributed by atoms with van der Waals surface area (Å²) >= 11 is 0.988. The number of rotatable bonds is 5. The number of guanidine groups is 1. The predicted molar refractivity (Wildman–Crippen MR) is 90.0 cm³/mol. The molecule has 0 saturated carbocycles. The number of thiazole rings is 1. The van der Waals surface area contributed by atoms with E-state index in [1.165, 1.54) is 12.1 Å². The summed E-state index contributed by atoms with van der Waals surface area (Å²) in [5, 5.41) is 4.52. The summed E-state index contributed by atoms with van der Waals surface area (Å²) in [5.74, 6) is 0.299. The third-order valence-electron chi connectivity index (χ3n) is 3.37. The van der Waals surface area contributed by atoms with Gasteiger partial charge in [0.05, 0.1) is 5.01 Å². The molecule has 0 radical (unpaired) electrons. The van der Waals surface area contributed by atoms with Crippen LogP contribution in [-0.4, -0.2) is 36.5 Å². The number of alkyl halides is 3. The SMILES string of the molecule is CN=C(NCCc1nc(C(F)(F)F)cs1)N(C)Cc1ccc(F)cc1. The molecule has 2 aromatic rings. The lowest BCUT2D eigenvalue weighted by Gasteiger charge is -2.22. The Morgan fingerprint density at radius 1 is 1.28 bits per heavy atom. The summed E-state index contributed by atoms with van der Waals surface area (Å²) in [6.07, 6.45) is -4.04. The molecule has 1 N–H and O–H groups in total. The maximum atomic E-state index is 12.9. The summed E-state index contributed by atoms with van der Waals surface area (Å²) in [7, 11) is 3.44. The number of hydrogen-bond acceptors (Lipinski definition) is 3. The van der Waals surface area contributed by atoms with Crippen molar-refractivity contribution in [3.05, 3.63) is 51.7 Å². The lowest BCUT2D eigenvalue weighted by atomic mass is 10.2. The van der Waals surface area contributed by atoms with Gasteiger partial charge in [-0.2, -0.15) is 13.2 Å². The Morgan fingerprint density at radius 3 is 2.52 bits per heavy atom. The van der Waals surface area contributed by atoms with Gasteiger partial charge in [0.2, 0.25) is 0 Å². The van der Waals surface area contributed by atoms with Crippen LogP contribution < -0.4 is 5.32 Å². The van der Waals surface area contributed by atoms with Crippen molar-refractivity contribution in [2.24, 2.45) is 4.99 Å². The Hall–Kier alpha value is -2.16. The summed E-state index contributed by atoms with van der Waals surface area (Å²) < 4.78 is 50.5. The molecule has 2 rings (SSSR count). The summed E-state index contributed by atoms with van der Waals surface area (Å²) in [4.78, 5) is 9.57. The summed E-state index contributed by atoms with van der Waals surface area (Å²) in [6, 6.07) is 6.15. The van der Waals surface area contributed by atoms with Crippen LogP contribution in [0.15, 0.2) is 34.6 Å². The lowest BCUT2D eigenvalue weighted by molar-refractivity contribution is -0.140. The van der Waals surface area contributed by atoms with Gasteiger partial charge in [0.25, 0.3) is 0 Å². The number of aromatic nitrogens is 1. The smallest absolute Gasteiger partial charge is 0.356 e. The highest BCUT2D eigenvalue weighted by molar-refractivity contribution is 7.09. The molecule has 0 unspecified atom stereocenters. The molecular weight excluding hydrogens is 356 g/mol. The molecule has 0 aliphatic heterocycles. The normalized spacial score (nSPS) is 12.3. The lowest BCUT2D eigenvalue weighted by Crippen LogP contribution is -2.39. The van der Waals surface area contributed by atoms with Crippen molar-refractivity contribution in [2.75, 3.05) is 20.6 Å². The van der Waals surface area contributed by atoms with Gasteiger partial charge in [-0.3, -0.25) is 4.99 Å². The van der Waals surface area contributed by atoms with Crippen LogP contribution in [0.25, 0.3) is 0 Å². The molecule has 1 aromatic carbocycles. The Balaban J connectivity index is 1.85. The molecular formula is C16H18F4N4S. The molecule has 9 heteroatoms. The van der Waals surface area contributed by atoms with Gasteiger partial charge in [-0.15, -0.1) is 11.3 Å². The van der Waals surface area contributed by atoms with E-state index in [4.69, 9.17) is 0 Å². The van der Waals surface area contributed by atoms with Gasteiger partial charge in [0.1, 0.15) is 5.82 Å². The first kappa shape index (κ1) is 19.2. The molecule has 0 aliphatic carbocycles. The first-order valence-corrected chi connectivity index (χ1v) is 8.35. The highest BCUT2D eigenvalue weighted by Crippen LogP contribution is 2.29. The van der Waals surface area contributed by atoms with Crippen LogP contribution in [0.5, 0.6) is 0 Å². The number of benzene rings is 1. The summed E-state index contributed by atoms with van der Waals surface area (Å²) in [5.41, 5.74) is 0.0619. The van der Waals surface area contributed by atoms with E-state index >= 15 is 0 Å². The molecule has 4 nitrogen and oxygen atoms in total. The van der Waals surface area contributed by atoms with E-state index in [1.807, 2.05) is 11.9 Å². The minimum atomic E-state index is -4.41. The van der Waals surface area contributed by atoms with E-state index in [0.717, 1.165) is 22.3 Å². The zero-order valence-corrected chi connectivity index (χ0v) is 14.6. The second-order valence-electron chi connectivity index (χ2n) is 5.33. The van der Waals surface area contributed by atoms with E-state index in [1.54, 1.807) is 19.2 Å². The number of aliphatic imine (C=N–C) groups is 1. The Kier molecular flexibility index (Phi) is 6.35. The van der Waals surface area contributed by atoms with Gasteiger partial charge in [-0.25, -0.2) is 9.37 Å². The molecule has 1 aromatic heterocycles. The van der Waals surface area contributed by atoms with Crippen molar-refractivity contribution in [3.63, 3.8) is 0 Å². The van der Waals surface area contributed by atoms with E-state index in [9.17, 15) is 17.6 Å². The van der Waals surface area contributed by atoms with Gasteiger partial charge in [0, 0.05) is 39.0 Å². The van der Waals surface area contributed by atoms with Crippen molar-refractivity contribution >= 4 is 17.3 Å². The first-order valence-electron chi connectivity index (χ1n) is 7.47. The Morgan fingerprint density at radius 2 is 1.96 bits per heavy atom. The summed E-state index contributed by atoms with van der Waals surface area (Å²) in [6.45, 7) is 0.931. The van der Waals surface area contributed by atoms with Crippen LogP contribution >= 0.6 is 11.3 Å². The minimum Gasteiger partial charge on any atom is -0.356 e. The van der Waals surface area contributed by atoms with Crippen LogP contribution in [0.1, 0.15) is 16.3 Å². The second-order valence-corrected chi connectivity index (χ2v) is 6.27. The molecule has 0 atom stereocenters. The van der Waals surface area contributed by atoms with E-state index < -0.39 is 11.9 Å². The second kappa shape index (κ2) is 8.28. The van der Waals surface area contributed by atoms with Crippen molar-refractivity contribution in [1.82, 2.24) is 15.2 Å². The number of nitrogens with zero attached hydrogens (tertiary/aromatic N) is 3. The highest BCUT2D eigenvalue weighted by Gasteiger charge is 2.33. The van der Waals surface area contributed by atoms with Crippen LogP contribution in [0, 0.1) is 5.82 Å². The van der Waals surface area contributed by atoms with Crippen molar-refractivity contribution in [2.45, 2.75) is 19.1 Å². The highest BCUT2D eigenvalue weighted by atomic mass is 32.1. The Labute approximate surface area is 147 Å². The third kappa shape index (κ3) is 5.70. The van der Waals surface area contributed by atoms with Crippen molar-refractivity contribution in [3.8, 4) is 0 Å². The predicted octanol–water partition coefficient (Wildman–Crippen LogP) is 3.55. The van der Waals surface area contributed by atoms with Crippen LogP contribution in [0.3, 0.4) is 0 Å². The molecule has 25 heavy (non-hydrogen) atoms. The fourth-order valence-electron chi connectivity index (χ4n) is 2.16. The van der Waals surface area contributed by atoms with Crippen LogP contribution in [0.4, 0.5) is 17.6 Å². The van der Waals surface area contributed by atoms with Gasteiger partial charge in [-0.05, 0) is 17.7 Å². The fraction of sp³-hybridized carbons (Fsp3) is 0.375. The Bertz CT molecular complexity index is 710. The molecule has 136 valence electrons. The molecule has 0 spiro atoms. The molecule has 1 heterocycles. The molecule has 0 fully saturated rings. The molecule has 0 saturated heterocycles. The zero-order valence-electron chi connectivity index (χ0n) is 13.8. The van der Waals surface area contributed by atoms with E-state index in [0.29, 0.717) is 30.5 Å².